The second kappa shape index (κ2) is 8.02. The maximum absolute atomic E-state index is 13.2. The molecule has 7 heteroatoms. The van der Waals surface area contributed by atoms with E-state index in [1.165, 1.54) is 14.2 Å². The van der Waals surface area contributed by atoms with E-state index in [4.69, 9.17) is 18.9 Å². The number of rotatable bonds is 4. The molecular weight excluding hydrogens is 424 g/mol. The number of para-hydroxylation sites is 1. The van der Waals surface area contributed by atoms with Gasteiger partial charge in [-0.1, -0.05) is 24.3 Å². The van der Waals surface area contributed by atoms with Crippen molar-refractivity contribution in [3.8, 4) is 28.7 Å². The number of phenolic OH excluding ortho intramolecular Hbond substituents is 1. The summed E-state index contributed by atoms with van der Waals surface area (Å²) in [5.74, 6) is 0.803. The summed E-state index contributed by atoms with van der Waals surface area (Å²) in [6.07, 6.45) is 1.67. The van der Waals surface area contributed by atoms with Gasteiger partial charge in [0, 0.05) is 17.0 Å². The van der Waals surface area contributed by atoms with Crippen molar-refractivity contribution in [1.82, 2.24) is 0 Å². The third-order valence-corrected chi connectivity index (χ3v) is 5.77. The fraction of sp³-hybridized carbons (Fsp3) is 0.154. The van der Waals surface area contributed by atoms with Crippen LogP contribution >= 0.6 is 0 Å². The Balaban J connectivity index is 1.62. The highest BCUT2D eigenvalue weighted by Gasteiger charge is 2.38. The molecule has 2 aliphatic rings. The van der Waals surface area contributed by atoms with Crippen molar-refractivity contribution >= 4 is 17.8 Å². The van der Waals surface area contributed by atoms with E-state index < -0.39 is 11.9 Å². The summed E-state index contributed by atoms with van der Waals surface area (Å²) < 4.78 is 22.3. The number of allylic oxidation sites excluding steroid dienone is 1. The van der Waals surface area contributed by atoms with Crippen LogP contribution in [0.25, 0.3) is 6.08 Å². The van der Waals surface area contributed by atoms with Crippen LogP contribution in [0.5, 0.6) is 28.7 Å². The Bertz CT molecular complexity index is 1320. The molecular formula is C26H20O7. The number of hydrogen-bond acceptors (Lipinski definition) is 7. The topological polar surface area (TPSA) is 91.3 Å². The first-order chi connectivity index (χ1) is 16.0. The fourth-order valence-corrected chi connectivity index (χ4v) is 4.30. The fourth-order valence-electron chi connectivity index (χ4n) is 4.30. The number of hydrogen-bond donors (Lipinski definition) is 1. The van der Waals surface area contributed by atoms with Crippen LogP contribution in [0, 0.1) is 0 Å². The summed E-state index contributed by atoms with van der Waals surface area (Å²) in [6.45, 7) is 0. The van der Waals surface area contributed by atoms with Crippen molar-refractivity contribution < 1.29 is 33.6 Å². The van der Waals surface area contributed by atoms with Gasteiger partial charge in [0.2, 0.25) is 5.78 Å². The minimum Gasteiger partial charge on any atom is -0.508 e. The van der Waals surface area contributed by atoms with Crippen molar-refractivity contribution in [3.63, 3.8) is 0 Å². The Morgan fingerprint density at radius 2 is 1.82 bits per heavy atom. The zero-order valence-corrected chi connectivity index (χ0v) is 18.0. The highest BCUT2D eigenvalue weighted by molar-refractivity contribution is 6.15. The van der Waals surface area contributed by atoms with Gasteiger partial charge in [-0.25, -0.2) is 0 Å². The average Bonchev–Trinajstić information content (AvgIpc) is 3.13. The van der Waals surface area contributed by atoms with Crippen LogP contribution in [0.1, 0.15) is 39.4 Å². The summed E-state index contributed by atoms with van der Waals surface area (Å²) in [4.78, 5) is 25.5. The third kappa shape index (κ3) is 3.47. The smallest absolute Gasteiger partial charge is 0.312 e. The predicted molar refractivity (Wildman–Crippen MR) is 119 cm³/mol. The van der Waals surface area contributed by atoms with E-state index >= 15 is 0 Å². The van der Waals surface area contributed by atoms with Gasteiger partial charge in [-0.3, -0.25) is 9.59 Å². The number of esters is 1. The first-order valence-electron chi connectivity index (χ1n) is 10.3. The molecule has 2 heterocycles. The second-order valence-corrected chi connectivity index (χ2v) is 7.70. The van der Waals surface area contributed by atoms with Crippen LogP contribution in [-0.4, -0.2) is 31.1 Å². The summed E-state index contributed by atoms with van der Waals surface area (Å²) in [5.41, 5.74) is 2.33. The number of carbonyl (C=O) groups is 2. The molecule has 1 atom stereocenters. The van der Waals surface area contributed by atoms with Crippen LogP contribution in [-0.2, 0) is 4.79 Å². The molecule has 0 spiro atoms. The van der Waals surface area contributed by atoms with E-state index in [0.717, 1.165) is 5.56 Å². The largest absolute Gasteiger partial charge is 0.508 e. The molecule has 0 saturated carbocycles. The number of ether oxygens (including phenoxy) is 4. The molecule has 0 unspecified atom stereocenters. The van der Waals surface area contributed by atoms with Crippen molar-refractivity contribution in [2.24, 2.45) is 0 Å². The zero-order valence-electron chi connectivity index (χ0n) is 18.0. The Hall–Kier alpha value is -4.26. The number of methoxy groups -OCH3 is 2. The molecule has 0 bridgehead atoms. The van der Waals surface area contributed by atoms with Gasteiger partial charge in [-0.05, 0) is 42.0 Å². The molecule has 2 aliphatic heterocycles. The number of phenols is 1. The lowest BCUT2D eigenvalue weighted by atomic mass is 9.84. The van der Waals surface area contributed by atoms with Crippen LogP contribution in [0.2, 0.25) is 0 Å². The molecule has 0 radical (unpaired) electrons. The maximum Gasteiger partial charge on any atom is 0.312 e. The highest BCUT2D eigenvalue weighted by Crippen LogP contribution is 2.49. The number of ketones is 1. The lowest BCUT2D eigenvalue weighted by molar-refractivity contribution is -0.135. The molecule has 5 rings (SSSR count). The van der Waals surface area contributed by atoms with E-state index in [9.17, 15) is 14.7 Å². The van der Waals surface area contributed by atoms with Crippen LogP contribution < -0.4 is 18.9 Å². The number of carbonyl (C=O) groups excluding carboxylic acids is 2. The van der Waals surface area contributed by atoms with Crippen LogP contribution in [0.3, 0.4) is 0 Å². The standard InChI is InChI=1S/C26H20O7/c1-30-20-8-4-6-15(25(20)31-2)12-21-24(29)17-9-10-19-23(26(17)33-21)18(13-22(28)32-19)14-5-3-7-16(27)11-14/h3-12,18,27H,13H2,1-2H3/b21-12-/t18-/m0/s1. The van der Waals surface area contributed by atoms with Gasteiger partial charge in [0.15, 0.2) is 17.3 Å². The molecule has 3 aromatic carbocycles. The lowest BCUT2D eigenvalue weighted by Crippen LogP contribution is -2.21. The molecule has 7 nitrogen and oxygen atoms in total. The van der Waals surface area contributed by atoms with Gasteiger partial charge >= 0.3 is 5.97 Å². The molecule has 1 N–H and O–H groups in total. The zero-order chi connectivity index (χ0) is 23.1. The average molecular weight is 444 g/mol. The monoisotopic (exact) mass is 444 g/mol. The number of benzene rings is 3. The molecule has 3 aromatic rings. The predicted octanol–water partition coefficient (Wildman–Crippen LogP) is 4.47. The van der Waals surface area contributed by atoms with E-state index in [1.54, 1.807) is 54.6 Å². The molecule has 0 aliphatic carbocycles. The Kier molecular flexibility index (Phi) is 5.01. The molecule has 33 heavy (non-hydrogen) atoms. The van der Waals surface area contributed by atoms with E-state index in [2.05, 4.69) is 0 Å². The van der Waals surface area contributed by atoms with E-state index in [1.807, 2.05) is 6.07 Å². The molecule has 0 amide bonds. The number of fused-ring (bicyclic) bond motifs is 3. The third-order valence-electron chi connectivity index (χ3n) is 5.77. The van der Waals surface area contributed by atoms with Gasteiger partial charge in [0.25, 0.3) is 0 Å². The minimum absolute atomic E-state index is 0.0627. The van der Waals surface area contributed by atoms with Crippen molar-refractivity contribution in [1.29, 1.82) is 0 Å². The maximum atomic E-state index is 13.2. The second-order valence-electron chi connectivity index (χ2n) is 7.70. The SMILES string of the molecule is COc1cccc(/C=C2\Oc3c(ccc4c3[C@H](c3cccc(O)c3)CC(=O)O4)C2=O)c1OC. The minimum atomic E-state index is -0.429. The Morgan fingerprint density at radius 1 is 1.00 bits per heavy atom. The molecule has 166 valence electrons. The van der Waals surface area contributed by atoms with Gasteiger partial charge in [-0.2, -0.15) is 0 Å². The van der Waals surface area contributed by atoms with Crippen molar-refractivity contribution in [3.05, 3.63) is 82.6 Å². The summed E-state index contributed by atoms with van der Waals surface area (Å²) >= 11 is 0. The van der Waals surface area contributed by atoms with Gasteiger partial charge < -0.3 is 24.1 Å². The summed E-state index contributed by atoms with van der Waals surface area (Å²) in [5, 5.41) is 9.96. The highest BCUT2D eigenvalue weighted by atomic mass is 16.5. The Morgan fingerprint density at radius 3 is 2.58 bits per heavy atom. The first kappa shape index (κ1) is 20.6. The van der Waals surface area contributed by atoms with E-state index in [-0.39, 0.29) is 23.7 Å². The summed E-state index contributed by atoms with van der Waals surface area (Å²) in [7, 11) is 3.06. The van der Waals surface area contributed by atoms with Crippen LogP contribution in [0.4, 0.5) is 0 Å². The normalized spacial score (nSPS) is 17.8. The van der Waals surface area contributed by atoms with Crippen LogP contribution in [0.15, 0.2) is 60.4 Å². The summed E-state index contributed by atoms with van der Waals surface area (Å²) in [6, 6.07) is 15.2. The number of Topliss-reactive ketones (excluding diaryl/α,β-unsaturated/α-hetero) is 1. The van der Waals surface area contributed by atoms with E-state index in [0.29, 0.717) is 39.7 Å². The molecule has 0 aromatic heterocycles. The van der Waals surface area contributed by atoms with Crippen molar-refractivity contribution in [2.75, 3.05) is 14.2 Å². The number of aromatic hydroxyl groups is 1. The first-order valence-corrected chi connectivity index (χ1v) is 10.3. The van der Waals surface area contributed by atoms with Gasteiger partial charge in [0.05, 0.1) is 26.2 Å². The van der Waals surface area contributed by atoms with Gasteiger partial charge in [0.1, 0.15) is 17.2 Å². The van der Waals surface area contributed by atoms with Crippen molar-refractivity contribution in [2.45, 2.75) is 12.3 Å². The lowest BCUT2D eigenvalue weighted by Gasteiger charge is -2.26. The Labute approximate surface area is 189 Å². The quantitative estimate of drug-likeness (QED) is 0.361. The molecule has 0 fully saturated rings. The van der Waals surface area contributed by atoms with Gasteiger partial charge in [-0.15, -0.1) is 0 Å². The molecule has 0 saturated heterocycles.